The van der Waals surface area contributed by atoms with Gasteiger partial charge in [0.05, 0.1) is 35.9 Å². The van der Waals surface area contributed by atoms with Crippen molar-refractivity contribution >= 4 is 16.6 Å². The largest absolute Gasteiger partial charge is 0.497 e. The molecule has 0 spiro atoms. The molecule has 0 aliphatic rings. The van der Waals surface area contributed by atoms with Gasteiger partial charge in [0.15, 0.2) is 0 Å². The van der Waals surface area contributed by atoms with Gasteiger partial charge in [0.2, 0.25) is 0 Å². The van der Waals surface area contributed by atoms with Gasteiger partial charge in [-0.3, -0.25) is 18.6 Å². The Labute approximate surface area is 181 Å². The summed E-state index contributed by atoms with van der Waals surface area (Å²) in [6, 6.07) is 20.2. The fraction of sp³-hybridized carbons (Fsp3) is 0.0833. The maximum absolute atomic E-state index is 13.5. The molecule has 5 rings (SSSR count). The lowest BCUT2D eigenvalue weighted by Gasteiger charge is -2.14. The number of para-hydroxylation sites is 1. The average Bonchev–Trinajstić information content (AvgIpc) is 2.82. The molecule has 0 aliphatic carbocycles. The van der Waals surface area contributed by atoms with Crippen molar-refractivity contribution in [3.63, 3.8) is 0 Å². The number of rotatable bonds is 4. The third-order valence-electron chi connectivity index (χ3n) is 5.33. The molecule has 0 saturated carbocycles. The van der Waals surface area contributed by atoms with Gasteiger partial charge in [-0.15, -0.1) is 0 Å². The predicted octanol–water partition coefficient (Wildman–Crippen LogP) is 2.22. The van der Waals surface area contributed by atoms with Crippen LogP contribution in [0.1, 0.15) is 5.69 Å². The number of nitrogens with zero attached hydrogens (tertiary/aromatic N) is 4. The molecule has 0 fully saturated rings. The first-order valence-corrected chi connectivity index (χ1v) is 9.93. The zero-order valence-electron chi connectivity index (χ0n) is 17.1. The van der Waals surface area contributed by atoms with E-state index in [1.165, 1.54) is 15.0 Å². The highest BCUT2D eigenvalue weighted by Crippen LogP contribution is 2.15. The molecule has 0 aliphatic heterocycles. The van der Waals surface area contributed by atoms with Crippen molar-refractivity contribution in [2.24, 2.45) is 0 Å². The summed E-state index contributed by atoms with van der Waals surface area (Å²) in [5.74, 6) is 0.615. The quantitative estimate of drug-likeness (QED) is 0.440. The highest BCUT2D eigenvalue weighted by Gasteiger charge is 2.15. The Morgan fingerprint density at radius 1 is 0.906 bits per heavy atom. The molecule has 0 radical (unpaired) electrons. The number of aromatic nitrogens is 4. The first kappa shape index (κ1) is 19.5. The molecule has 5 aromatic rings. The van der Waals surface area contributed by atoms with E-state index in [0.29, 0.717) is 33.7 Å². The highest BCUT2D eigenvalue weighted by atomic mass is 16.5. The lowest BCUT2D eigenvalue weighted by molar-refractivity contribution is 0.414. The maximum atomic E-state index is 13.5. The number of hydrogen-bond acceptors (Lipinski definition) is 5. The molecule has 2 aromatic carbocycles. The van der Waals surface area contributed by atoms with Gasteiger partial charge in [0.1, 0.15) is 11.4 Å². The van der Waals surface area contributed by atoms with Crippen LogP contribution < -0.4 is 21.5 Å². The fourth-order valence-electron chi connectivity index (χ4n) is 3.78. The van der Waals surface area contributed by atoms with Crippen LogP contribution in [0.3, 0.4) is 0 Å². The molecule has 3 aromatic heterocycles. The van der Waals surface area contributed by atoms with Crippen molar-refractivity contribution in [2.75, 3.05) is 7.11 Å². The second-order valence-electron chi connectivity index (χ2n) is 7.24. The van der Waals surface area contributed by atoms with Crippen LogP contribution in [0.25, 0.3) is 22.2 Å². The number of fused-ring (bicyclic) bond motifs is 2. The Kier molecular flexibility index (Phi) is 4.67. The van der Waals surface area contributed by atoms with Crippen LogP contribution in [-0.2, 0) is 6.54 Å². The second kappa shape index (κ2) is 7.66. The molecule has 3 heterocycles. The van der Waals surface area contributed by atoms with Gasteiger partial charge in [-0.1, -0.05) is 18.2 Å². The monoisotopic (exact) mass is 426 g/mol. The SMILES string of the molecule is COc1ccc(-n2c(=O)c3ccccc3n(Cc3cc(=O)n4ccccc4n3)c2=O)cc1. The topological polar surface area (TPSA) is 87.6 Å². The van der Waals surface area contributed by atoms with Gasteiger partial charge >= 0.3 is 5.69 Å². The number of hydrogen-bond donors (Lipinski definition) is 0. The Morgan fingerprint density at radius 2 is 1.66 bits per heavy atom. The molecule has 0 bridgehead atoms. The van der Waals surface area contributed by atoms with Gasteiger partial charge in [-0.05, 0) is 48.5 Å². The van der Waals surface area contributed by atoms with E-state index in [2.05, 4.69) is 4.98 Å². The number of ether oxygens (including phenoxy) is 1. The molecule has 8 heteroatoms. The standard InChI is InChI=1S/C24H18N4O4/c1-32-18-11-9-17(10-12-18)28-23(30)19-6-2-3-7-20(19)27(24(28)31)15-16-14-22(29)26-13-5-4-8-21(26)25-16/h2-14H,15H2,1H3. The van der Waals surface area contributed by atoms with Crippen LogP contribution in [0.2, 0.25) is 0 Å². The van der Waals surface area contributed by atoms with Crippen LogP contribution in [0.4, 0.5) is 0 Å². The Hall–Kier alpha value is -4.46. The summed E-state index contributed by atoms with van der Waals surface area (Å²) in [4.78, 5) is 43.7. The molecule has 0 atom stereocenters. The Bertz CT molecular complexity index is 1650. The maximum Gasteiger partial charge on any atom is 0.336 e. The van der Waals surface area contributed by atoms with Crippen molar-refractivity contribution in [3.05, 3.63) is 116 Å². The Balaban J connectivity index is 1.75. The molecule has 0 N–H and O–H groups in total. The third kappa shape index (κ3) is 3.18. The summed E-state index contributed by atoms with van der Waals surface area (Å²) in [5.41, 5.74) is 0.622. The van der Waals surface area contributed by atoms with Crippen LogP contribution >= 0.6 is 0 Å². The van der Waals surface area contributed by atoms with Crippen LogP contribution in [-0.4, -0.2) is 25.6 Å². The molecule has 158 valence electrons. The summed E-state index contributed by atoms with van der Waals surface area (Å²) < 4.78 is 9.19. The minimum absolute atomic E-state index is 0.0381. The fourth-order valence-corrected chi connectivity index (χ4v) is 3.78. The van der Waals surface area contributed by atoms with E-state index in [4.69, 9.17) is 4.74 Å². The summed E-state index contributed by atoms with van der Waals surface area (Å²) in [5, 5.41) is 0.389. The van der Waals surface area contributed by atoms with Crippen LogP contribution in [0.5, 0.6) is 5.75 Å². The van der Waals surface area contributed by atoms with E-state index < -0.39 is 11.2 Å². The molecule has 0 saturated heterocycles. The number of benzene rings is 2. The summed E-state index contributed by atoms with van der Waals surface area (Å²) in [7, 11) is 1.54. The van der Waals surface area contributed by atoms with E-state index in [0.717, 1.165) is 4.57 Å². The lowest BCUT2D eigenvalue weighted by atomic mass is 10.2. The zero-order chi connectivity index (χ0) is 22.2. The minimum atomic E-state index is -0.520. The first-order chi connectivity index (χ1) is 15.6. The number of pyridine rings is 1. The van der Waals surface area contributed by atoms with Crippen molar-refractivity contribution < 1.29 is 4.74 Å². The summed E-state index contributed by atoms with van der Waals surface area (Å²) in [6.07, 6.45) is 1.64. The number of methoxy groups -OCH3 is 1. The van der Waals surface area contributed by atoms with Crippen molar-refractivity contribution in [2.45, 2.75) is 6.54 Å². The van der Waals surface area contributed by atoms with Crippen LogP contribution in [0.15, 0.2) is 93.4 Å². The highest BCUT2D eigenvalue weighted by molar-refractivity contribution is 5.78. The molecular formula is C24H18N4O4. The average molecular weight is 426 g/mol. The summed E-state index contributed by atoms with van der Waals surface area (Å²) >= 11 is 0. The van der Waals surface area contributed by atoms with E-state index in [9.17, 15) is 14.4 Å². The van der Waals surface area contributed by atoms with Crippen molar-refractivity contribution in [1.82, 2.24) is 18.5 Å². The summed E-state index contributed by atoms with van der Waals surface area (Å²) in [6.45, 7) is 0.0381. The molecule has 0 amide bonds. The normalized spacial score (nSPS) is 11.2. The van der Waals surface area contributed by atoms with Gasteiger partial charge < -0.3 is 4.74 Å². The molecular weight excluding hydrogens is 408 g/mol. The van der Waals surface area contributed by atoms with Gasteiger partial charge in [0, 0.05) is 12.3 Å². The first-order valence-electron chi connectivity index (χ1n) is 9.93. The van der Waals surface area contributed by atoms with Crippen LogP contribution in [0, 0.1) is 0 Å². The lowest BCUT2D eigenvalue weighted by Crippen LogP contribution is -2.39. The van der Waals surface area contributed by atoms with E-state index in [1.807, 2.05) is 0 Å². The van der Waals surface area contributed by atoms with Gasteiger partial charge in [-0.2, -0.15) is 0 Å². The van der Waals surface area contributed by atoms with E-state index in [1.54, 1.807) is 80.0 Å². The molecule has 0 unspecified atom stereocenters. The van der Waals surface area contributed by atoms with Crippen molar-refractivity contribution in [1.29, 1.82) is 0 Å². The predicted molar refractivity (Wildman–Crippen MR) is 121 cm³/mol. The zero-order valence-corrected chi connectivity index (χ0v) is 17.1. The molecule has 32 heavy (non-hydrogen) atoms. The Morgan fingerprint density at radius 3 is 2.44 bits per heavy atom. The second-order valence-corrected chi connectivity index (χ2v) is 7.24. The molecule has 8 nitrogen and oxygen atoms in total. The van der Waals surface area contributed by atoms with Crippen molar-refractivity contribution in [3.8, 4) is 11.4 Å². The smallest absolute Gasteiger partial charge is 0.336 e. The van der Waals surface area contributed by atoms with E-state index >= 15 is 0 Å². The third-order valence-corrected chi connectivity index (χ3v) is 5.33. The van der Waals surface area contributed by atoms with Gasteiger partial charge in [-0.25, -0.2) is 14.3 Å². The minimum Gasteiger partial charge on any atom is -0.497 e. The van der Waals surface area contributed by atoms with Gasteiger partial charge in [0.25, 0.3) is 11.1 Å². The van der Waals surface area contributed by atoms with E-state index in [-0.39, 0.29) is 12.1 Å².